The van der Waals surface area contributed by atoms with Gasteiger partial charge in [0, 0.05) is 31.6 Å². The first kappa shape index (κ1) is 17.2. The van der Waals surface area contributed by atoms with Crippen LogP contribution in [-0.2, 0) is 33.0 Å². The number of hydrogen-bond acceptors (Lipinski definition) is 4. The second-order valence-corrected chi connectivity index (χ2v) is 6.10. The molecule has 0 N–H and O–H groups in total. The lowest BCUT2D eigenvalue weighted by atomic mass is 9.63. The van der Waals surface area contributed by atoms with Crippen molar-refractivity contribution in [3.8, 4) is 11.4 Å². The van der Waals surface area contributed by atoms with E-state index < -0.39 is 23.3 Å². The number of carbonyl (C=O) groups is 2. The number of Topliss-reactive ketones (excluding diaryl/α,β-unsaturated/α-hetero) is 1. The molecule has 8 heteroatoms. The van der Waals surface area contributed by atoms with Gasteiger partial charge < -0.3 is 9.30 Å². The molecule has 25 heavy (non-hydrogen) atoms. The number of aromatic nitrogens is 2. The fraction of sp³-hybridized carbons (Fsp3) is 0.353. The quantitative estimate of drug-likeness (QED) is 0.797. The molecule has 2 aromatic rings. The number of alkyl halides is 3. The summed E-state index contributed by atoms with van der Waals surface area (Å²) in [5.41, 5.74) is -0.881. The highest BCUT2D eigenvalue weighted by Gasteiger charge is 2.52. The maximum Gasteiger partial charge on any atom is 0.434 e. The van der Waals surface area contributed by atoms with Crippen LogP contribution in [-0.4, -0.2) is 28.4 Å². The predicted octanol–water partition coefficient (Wildman–Crippen LogP) is 2.88. The highest BCUT2D eigenvalue weighted by atomic mass is 19.4. The zero-order valence-electron chi connectivity index (χ0n) is 13.6. The monoisotopic (exact) mass is 352 g/mol. The van der Waals surface area contributed by atoms with Gasteiger partial charge in [0.25, 0.3) is 0 Å². The van der Waals surface area contributed by atoms with Crippen molar-refractivity contribution in [1.29, 1.82) is 0 Å². The largest absolute Gasteiger partial charge is 0.468 e. The summed E-state index contributed by atoms with van der Waals surface area (Å²) in [5, 5.41) is 0. The van der Waals surface area contributed by atoms with E-state index in [9.17, 15) is 22.8 Å². The van der Waals surface area contributed by atoms with Crippen molar-refractivity contribution in [2.24, 2.45) is 7.05 Å². The Morgan fingerprint density at radius 1 is 1.24 bits per heavy atom. The van der Waals surface area contributed by atoms with Crippen LogP contribution in [0.25, 0.3) is 11.4 Å². The Balaban J connectivity index is 1.94. The summed E-state index contributed by atoms with van der Waals surface area (Å²) >= 11 is 0. The Hall–Kier alpha value is -2.64. The SMILES string of the molecule is COC(=O)C1(c2ccc(-c3nc(C(F)(F)F)cn3C)cc2)CC(=O)C1. The molecule has 0 spiro atoms. The topological polar surface area (TPSA) is 61.2 Å². The minimum atomic E-state index is -4.52. The van der Waals surface area contributed by atoms with Crippen LogP contribution in [0.5, 0.6) is 0 Å². The van der Waals surface area contributed by atoms with Crippen molar-refractivity contribution in [3.05, 3.63) is 41.7 Å². The zero-order valence-corrected chi connectivity index (χ0v) is 13.6. The maximum atomic E-state index is 12.8. The van der Waals surface area contributed by atoms with Crippen molar-refractivity contribution >= 4 is 11.8 Å². The number of methoxy groups -OCH3 is 1. The normalized spacial score (nSPS) is 16.4. The summed E-state index contributed by atoms with van der Waals surface area (Å²) in [6, 6.07) is 6.43. The van der Waals surface area contributed by atoms with Gasteiger partial charge in [0.1, 0.15) is 17.0 Å². The van der Waals surface area contributed by atoms with Gasteiger partial charge in [-0.3, -0.25) is 9.59 Å². The van der Waals surface area contributed by atoms with E-state index in [1.54, 1.807) is 24.3 Å². The molecule has 0 atom stereocenters. The van der Waals surface area contributed by atoms with Gasteiger partial charge in [0.2, 0.25) is 0 Å². The Morgan fingerprint density at radius 2 is 1.84 bits per heavy atom. The molecule has 5 nitrogen and oxygen atoms in total. The van der Waals surface area contributed by atoms with Crippen LogP contribution in [0.1, 0.15) is 24.1 Å². The molecule has 1 aromatic carbocycles. The third-order valence-corrected chi connectivity index (χ3v) is 4.44. The van der Waals surface area contributed by atoms with E-state index in [0.29, 0.717) is 11.1 Å². The molecular weight excluding hydrogens is 337 g/mol. The van der Waals surface area contributed by atoms with Crippen molar-refractivity contribution < 1.29 is 27.5 Å². The number of imidazole rings is 1. The Bertz CT molecular complexity index is 830. The Morgan fingerprint density at radius 3 is 2.28 bits per heavy atom. The number of carbonyl (C=O) groups excluding carboxylic acids is 2. The number of aryl methyl sites for hydroxylation is 1. The second-order valence-electron chi connectivity index (χ2n) is 6.10. The van der Waals surface area contributed by atoms with Crippen LogP contribution in [0.4, 0.5) is 13.2 Å². The van der Waals surface area contributed by atoms with E-state index in [1.807, 2.05) is 0 Å². The van der Waals surface area contributed by atoms with Crippen LogP contribution in [0.3, 0.4) is 0 Å². The van der Waals surface area contributed by atoms with Crippen molar-refractivity contribution in [2.45, 2.75) is 24.4 Å². The number of ether oxygens (including phenoxy) is 1. The van der Waals surface area contributed by atoms with Gasteiger partial charge in [0.15, 0.2) is 5.69 Å². The number of esters is 1. The lowest BCUT2D eigenvalue weighted by Gasteiger charge is -2.37. The molecule has 0 radical (unpaired) electrons. The van der Waals surface area contributed by atoms with E-state index in [1.165, 1.54) is 18.7 Å². The van der Waals surface area contributed by atoms with Crippen LogP contribution < -0.4 is 0 Å². The van der Waals surface area contributed by atoms with E-state index in [-0.39, 0.29) is 24.4 Å². The predicted molar refractivity (Wildman–Crippen MR) is 81.6 cm³/mol. The van der Waals surface area contributed by atoms with Gasteiger partial charge >= 0.3 is 12.1 Å². The summed E-state index contributed by atoms with van der Waals surface area (Å²) in [4.78, 5) is 27.1. The molecule has 1 fully saturated rings. The third-order valence-electron chi connectivity index (χ3n) is 4.44. The van der Waals surface area contributed by atoms with Gasteiger partial charge in [-0.25, -0.2) is 4.98 Å². The average molecular weight is 352 g/mol. The van der Waals surface area contributed by atoms with Crippen molar-refractivity contribution in [1.82, 2.24) is 9.55 Å². The maximum absolute atomic E-state index is 12.8. The highest BCUT2D eigenvalue weighted by molar-refractivity contribution is 6.02. The highest BCUT2D eigenvalue weighted by Crippen LogP contribution is 2.43. The number of benzene rings is 1. The Labute approximate surface area is 141 Å². The minimum absolute atomic E-state index is 0.0339. The number of ketones is 1. The average Bonchev–Trinajstić information content (AvgIpc) is 2.93. The fourth-order valence-electron chi connectivity index (χ4n) is 3.09. The van der Waals surface area contributed by atoms with E-state index >= 15 is 0 Å². The molecule has 132 valence electrons. The van der Waals surface area contributed by atoms with Gasteiger partial charge in [-0.05, 0) is 5.56 Å². The van der Waals surface area contributed by atoms with Crippen LogP contribution in [0.15, 0.2) is 30.5 Å². The fourth-order valence-corrected chi connectivity index (χ4v) is 3.09. The van der Waals surface area contributed by atoms with Crippen molar-refractivity contribution in [2.75, 3.05) is 7.11 Å². The number of halogens is 3. The lowest BCUT2D eigenvalue weighted by Crippen LogP contribution is -2.48. The van der Waals surface area contributed by atoms with Crippen LogP contribution in [0, 0.1) is 0 Å². The molecule has 1 saturated carbocycles. The number of rotatable bonds is 3. The first-order valence-corrected chi connectivity index (χ1v) is 7.49. The molecule has 1 heterocycles. The number of hydrogen-bond donors (Lipinski definition) is 0. The third kappa shape index (κ3) is 2.81. The van der Waals surface area contributed by atoms with Gasteiger partial charge in [-0.15, -0.1) is 0 Å². The summed E-state index contributed by atoms with van der Waals surface area (Å²) < 4.78 is 44.4. The standard InChI is InChI=1S/C17H15F3N2O3/c1-22-9-13(17(18,19)20)21-14(22)10-3-5-11(6-4-10)16(15(24)25-2)7-12(23)8-16/h3-6,9H,7-8H2,1-2H3. The van der Waals surface area contributed by atoms with Crippen molar-refractivity contribution in [3.63, 3.8) is 0 Å². The summed E-state index contributed by atoms with van der Waals surface area (Å²) in [6.07, 6.45) is -3.46. The molecule has 0 amide bonds. The lowest BCUT2D eigenvalue weighted by molar-refractivity contribution is -0.156. The van der Waals surface area contributed by atoms with E-state index in [0.717, 1.165) is 6.20 Å². The molecule has 1 aliphatic rings. The van der Waals surface area contributed by atoms with Gasteiger partial charge in [-0.1, -0.05) is 24.3 Å². The van der Waals surface area contributed by atoms with Gasteiger partial charge in [-0.2, -0.15) is 13.2 Å². The Kier molecular flexibility index (Phi) is 3.93. The van der Waals surface area contributed by atoms with Crippen LogP contribution in [0.2, 0.25) is 0 Å². The molecular formula is C17H15F3N2O3. The molecule has 0 unspecified atom stereocenters. The zero-order chi connectivity index (χ0) is 18.4. The van der Waals surface area contributed by atoms with Crippen LogP contribution >= 0.6 is 0 Å². The minimum Gasteiger partial charge on any atom is -0.468 e. The van der Waals surface area contributed by atoms with E-state index in [2.05, 4.69) is 4.98 Å². The molecule has 0 bridgehead atoms. The molecule has 0 aliphatic heterocycles. The van der Waals surface area contributed by atoms with E-state index in [4.69, 9.17) is 4.74 Å². The first-order chi connectivity index (χ1) is 11.7. The summed E-state index contributed by atoms with van der Waals surface area (Å²) in [5.74, 6) is -0.361. The summed E-state index contributed by atoms with van der Waals surface area (Å²) in [7, 11) is 2.74. The number of nitrogens with zero attached hydrogens (tertiary/aromatic N) is 2. The molecule has 1 aromatic heterocycles. The second kappa shape index (κ2) is 5.72. The first-order valence-electron chi connectivity index (χ1n) is 7.49. The molecule has 0 saturated heterocycles. The molecule has 3 rings (SSSR count). The van der Waals surface area contributed by atoms with Gasteiger partial charge in [0.05, 0.1) is 7.11 Å². The smallest absolute Gasteiger partial charge is 0.434 e. The summed E-state index contributed by atoms with van der Waals surface area (Å²) in [6.45, 7) is 0. The molecule has 1 aliphatic carbocycles.